The summed E-state index contributed by atoms with van der Waals surface area (Å²) in [6.45, 7) is 1.39. The summed E-state index contributed by atoms with van der Waals surface area (Å²) < 4.78 is 4.74. The molecule has 0 saturated carbocycles. The lowest BCUT2D eigenvalue weighted by atomic mass is 10.6. The molecule has 0 aromatic heterocycles. The van der Waals surface area contributed by atoms with Gasteiger partial charge in [0.2, 0.25) is 0 Å². The molecule has 3 nitrogen and oxygen atoms in total. The highest BCUT2D eigenvalue weighted by atomic mass is 16.5. The first-order valence-corrected chi connectivity index (χ1v) is 2.74. The van der Waals surface area contributed by atoms with Gasteiger partial charge >= 0.3 is 0 Å². The van der Waals surface area contributed by atoms with Gasteiger partial charge in [0.25, 0.3) is 0 Å². The first-order chi connectivity index (χ1) is 4.41. The first-order valence-electron chi connectivity index (χ1n) is 2.74. The van der Waals surface area contributed by atoms with Crippen LogP contribution in [0.2, 0.25) is 0 Å². The van der Waals surface area contributed by atoms with E-state index in [9.17, 15) is 4.79 Å². The fraction of sp³-hybridized carbons (Fsp3) is 0.500. The Labute approximate surface area is 54.7 Å². The zero-order chi connectivity index (χ0) is 6.95. The molecular weight excluding hydrogens is 118 g/mol. The molecule has 0 atom stereocenters. The molecule has 0 saturated heterocycles. The lowest BCUT2D eigenvalue weighted by molar-refractivity contribution is -0.104. The maximum atomic E-state index is 9.68. The molecule has 0 aliphatic heterocycles. The number of methoxy groups -OCH3 is 1. The Balaban J connectivity index is 2.90. The quantitative estimate of drug-likeness (QED) is 0.321. The van der Waals surface area contributed by atoms with Crippen molar-refractivity contribution < 1.29 is 9.53 Å². The Morgan fingerprint density at radius 2 is 2.44 bits per heavy atom. The molecule has 0 aliphatic carbocycles. The Bertz CT molecular complexity index is 91.1. The number of hydrogen-bond donors (Lipinski definition) is 1. The molecule has 0 amide bonds. The Kier molecular flexibility index (Phi) is 6.51. The van der Waals surface area contributed by atoms with Crippen LogP contribution in [-0.2, 0) is 9.53 Å². The molecule has 0 unspecified atom stereocenters. The van der Waals surface area contributed by atoms with Crippen molar-refractivity contribution in [3.8, 4) is 0 Å². The van der Waals surface area contributed by atoms with Gasteiger partial charge in [-0.05, 0) is 12.3 Å². The van der Waals surface area contributed by atoms with Gasteiger partial charge in [-0.1, -0.05) is 0 Å². The van der Waals surface area contributed by atoms with Gasteiger partial charge in [0, 0.05) is 13.7 Å². The van der Waals surface area contributed by atoms with Gasteiger partial charge in [-0.25, -0.2) is 0 Å². The van der Waals surface area contributed by atoms with Crippen molar-refractivity contribution in [1.82, 2.24) is 5.32 Å². The van der Waals surface area contributed by atoms with Crippen molar-refractivity contribution in [1.29, 1.82) is 0 Å². The number of aldehydes is 1. The average molecular weight is 129 g/mol. The maximum Gasteiger partial charge on any atom is 0.144 e. The molecule has 0 spiro atoms. The van der Waals surface area contributed by atoms with Gasteiger partial charge in [-0.15, -0.1) is 0 Å². The molecule has 1 N–H and O–H groups in total. The van der Waals surface area contributed by atoms with Crippen molar-refractivity contribution in [3.05, 3.63) is 12.3 Å². The fourth-order valence-corrected chi connectivity index (χ4v) is 0.352. The van der Waals surface area contributed by atoms with Gasteiger partial charge < -0.3 is 10.1 Å². The van der Waals surface area contributed by atoms with Crippen molar-refractivity contribution in [2.75, 3.05) is 20.3 Å². The van der Waals surface area contributed by atoms with Crippen LogP contribution in [0, 0.1) is 0 Å². The third-order valence-corrected chi connectivity index (χ3v) is 0.743. The zero-order valence-corrected chi connectivity index (χ0v) is 5.46. The van der Waals surface area contributed by atoms with E-state index in [4.69, 9.17) is 4.74 Å². The van der Waals surface area contributed by atoms with E-state index in [0.717, 1.165) is 12.8 Å². The van der Waals surface area contributed by atoms with Crippen LogP contribution in [0.1, 0.15) is 0 Å². The molecule has 0 bridgehead atoms. The van der Waals surface area contributed by atoms with E-state index in [1.807, 2.05) is 0 Å². The van der Waals surface area contributed by atoms with Crippen LogP contribution in [0.3, 0.4) is 0 Å². The van der Waals surface area contributed by atoms with E-state index in [-0.39, 0.29) is 0 Å². The van der Waals surface area contributed by atoms with Crippen LogP contribution >= 0.6 is 0 Å². The van der Waals surface area contributed by atoms with Crippen LogP contribution in [0.25, 0.3) is 0 Å². The predicted octanol–water partition coefficient (Wildman–Crippen LogP) is -0.0650. The van der Waals surface area contributed by atoms with Crippen LogP contribution in [0.15, 0.2) is 12.3 Å². The minimum Gasteiger partial charge on any atom is -0.388 e. The molecule has 0 radical (unpaired) electrons. The predicted molar refractivity (Wildman–Crippen MR) is 35.1 cm³/mol. The molecule has 0 aliphatic rings. The topological polar surface area (TPSA) is 38.3 Å². The first kappa shape index (κ1) is 8.17. The van der Waals surface area contributed by atoms with Gasteiger partial charge in [0.05, 0.1) is 6.61 Å². The van der Waals surface area contributed by atoms with Crippen molar-refractivity contribution in [2.24, 2.45) is 0 Å². The number of rotatable bonds is 5. The number of carbonyl (C=O) groups is 1. The molecule has 52 valence electrons. The Morgan fingerprint density at radius 3 is 3.00 bits per heavy atom. The summed E-state index contributed by atoms with van der Waals surface area (Å²) in [6, 6.07) is 0. The Hall–Kier alpha value is -0.830. The smallest absolute Gasteiger partial charge is 0.144 e. The summed E-state index contributed by atoms with van der Waals surface area (Å²) in [4.78, 5) is 9.68. The van der Waals surface area contributed by atoms with Crippen LogP contribution in [0.5, 0.6) is 0 Å². The second-order valence-corrected chi connectivity index (χ2v) is 1.44. The molecule has 3 heteroatoms. The third-order valence-electron chi connectivity index (χ3n) is 0.743. The molecule has 0 aromatic rings. The average Bonchev–Trinajstić information content (AvgIpc) is 1.89. The summed E-state index contributed by atoms with van der Waals surface area (Å²) in [5.74, 6) is 0. The second kappa shape index (κ2) is 7.17. The minimum absolute atomic E-state index is 0.656. The molecule has 9 heavy (non-hydrogen) atoms. The Morgan fingerprint density at radius 1 is 1.67 bits per heavy atom. The highest BCUT2D eigenvalue weighted by molar-refractivity contribution is 5.64. The van der Waals surface area contributed by atoms with Gasteiger partial charge in [-0.2, -0.15) is 0 Å². The highest BCUT2D eigenvalue weighted by Crippen LogP contribution is 1.64. The van der Waals surface area contributed by atoms with E-state index in [2.05, 4.69) is 5.32 Å². The number of carbonyl (C=O) groups excluding carboxylic acids is 1. The van der Waals surface area contributed by atoms with Crippen molar-refractivity contribution in [2.45, 2.75) is 0 Å². The van der Waals surface area contributed by atoms with E-state index < -0.39 is 0 Å². The molecule has 0 fully saturated rings. The van der Waals surface area contributed by atoms with Gasteiger partial charge in [0.15, 0.2) is 0 Å². The van der Waals surface area contributed by atoms with E-state index in [0.29, 0.717) is 6.61 Å². The van der Waals surface area contributed by atoms with Crippen molar-refractivity contribution >= 4 is 6.29 Å². The van der Waals surface area contributed by atoms with E-state index in [1.54, 1.807) is 13.3 Å². The minimum atomic E-state index is 0.656. The summed E-state index contributed by atoms with van der Waals surface area (Å²) in [7, 11) is 1.63. The zero-order valence-electron chi connectivity index (χ0n) is 5.46. The largest absolute Gasteiger partial charge is 0.388 e. The number of allylic oxidation sites excluding steroid dienone is 1. The number of ether oxygens (including phenoxy) is 1. The number of hydrogen-bond acceptors (Lipinski definition) is 3. The number of nitrogens with one attached hydrogen (secondary N) is 1. The second-order valence-electron chi connectivity index (χ2n) is 1.44. The molecular formula is C6H11NO2. The van der Waals surface area contributed by atoms with E-state index in [1.165, 1.54) is 6.08 Å². The highest BCUT2D eigenvalue weighted by Gasteiger charge is 1.75. The van der Waals surface area contributed by atoms with Crippen LogP contribution in [0.4, 0.5) is 0 Å². The maximum absolute atomic E-state index is 9.68. The van der Waals surface area contributed by atoms with Crippen molar-refractivity contribution in [3.63, 3.8) is 0 Å². The molecule has 0 aromatic carbocycles. The summed E-state index contributed by atoms with van der Waals surface area (Å²) >= 11 is 0. The summed E-state index contributed by atoms with van der Waals surface area (Å²) in [5, 5.41) is 2.85. The monoisotopic (exact) mass is 129 g/mol. The third kappa shape index (κ3) is 7.17. The molecule has 0 heterocycles. The van der Waals surface area contributed by atoms with E-state index >= 15 is 0 Å². The normalized spacial score (nSPS) is 9.89. The van der Waals surface area contributed by atoms with Crippen LogP contribution < -0.4 is 5.32 Å². The van der Waals surface area contributed by atoms with Gasteiger partial charge in [0.1, 0.15) is 6.29 Å². The summed E-state index contributed by atoms with van der Waals surface area (Å²) in [6.07, 6.45) is 3.71. The van der Waals surface area contributed by atoms with Gasteiger partial charge in [-0.3, -0.25) is 4.79 Å². The summed E-state index contributed by atoms with van der Waals surface area (Å²) in [5.41, 5.74) is 0. The van der Waals surface area contributed by atoms with Crippen LogP contribution in [-0.4, -0.2) is 26.5 Å². The molecule has 0 rings (SSSR count). The SMILES string of the molecule is COCCN/C=C/C=O. The lowest BCUT2D eigenvalue weighted by Gasteiger charge is -1.95. The standard InChI is InChI=1S/C6H11NO2/c1-9-6-4-7-3-2-5-8/h2-3,5,7H,4,6H2,1H3/b3-2+. The fourth-order valence-electron chi connectivity index (χ4n) is 0.352. The lowest BCUT2D eigenvalue weighted by Crippen LogP contribution is -2.11.